The third kappa shape index (κ3) is 3.21. The summed E-state index contributed by atoms with van der Waals surface area (Å²) in [5.74, 6) is -1.15. The van der Waals surface area contributed by atoms with E-state index in [0.29, 0.717) is 23.4 Å². The molecule has 0 saturated heterocycles. The second-order valence-corrected chi connectivity index (χ2v) is 7.77. The van der Waals surface area contributed by atoms with Gasteiger partial charge in [-0.25, -0.2) is 9.78 Å². The first-order valence-electron chi connectivity index (χ1n) is 10.3. The van der Waals surface area contributed by atoms with Crippen molar-refractivity contribution in [1.29, 1.82) is 0 Å². The fourth-order valence-corrected chi connectivity index (χ4v) is 4.16. The number of carbonyl (C=O) groups is 1. The number of hydrogen-bond donors (Lipinski definition) is 2. The molecule has 0 aliphatic carbocycles. The van der Waals surface area contributed by atoms with Crippen LogP contribution in [0.15, 0.2) is 41.2 Å². The molecule has 13 heteroatoms. The summed E-state index contributed by atoms with van der Waals surface area (Å²) in [6, 6.07) is 11.6. The maximum atomic E-state index is 13.0. The molecular weight excluding hydrogens is 446 g/mol. The molecule has 0 amide bonds. The molecule has 2 aliphatic rings. The first-order valence-corrected chi connectivity index (χ1v) is 10.3. The van der Waals surface area contributed by atoms with Crippen LogP contribution in [0.25, 0.3) is 22.3 Å². The number of aromatic nitrogens is 6. The molecule has 0 spiro atoms. The van der Waals surface area contributed by atoms with Crippen molar-refractivity contribution in [3.05, 3.63) is 73.6 Å². The van der Waals surface area contributed by atoms with E-state index in [1.54, 1.807) is 17.6 Å². The largest absolute Gasteiger partial charge is 0.477 e. The highest BCUT2D eigenvalue weighted by Crippen LogP contribution is 2.38. The Bertz CT molecular complexity index is 1510. The standard InChI is InChI=1S/C20H16N2O4.CHN5O2/c1-2-20(25)14-8-16-17-12(7-11-5-3-4-6-15(11)21-17)9-22(16)18(23)13(14)10-26-19(20)24;7-6(8)1-2-4-5-3-1/h3-8,25H,2,9-10H2,1H3;(H,2,3,4,5). The quantitative estimate of drug-likeness (QED) is 0.219. The van der Waals surface area contributed by atoms with Crippen LogP contribution < -0.4 is 5.56 Å². The molecule has 4 aromatic rings. The average molecular weight is 463 g/mol. The third-order valence-corrected chi connectivity index (χ3v) is 5.92. The number of H-pyrrole nitrogens is 1. The van der Waals surface area contributed by atoms with Crippen LogP contribution in [-0.4, -0.2) is 46.2 Å². The summed E-state index contributed by atoms with van der Waals surface area (Å²) in [5, 5.41) is 32.5. The van der Waals surface area contributed by atoms with Crippen molar-refractivity contribution >= 4 is 22.8 Å². The number of nitrogens with zero attached hydrogens (tertiary/aromatic N) is 6. The topological polar surface area (TPSA) is 179 Å². The van der Waals surface area contributed by atoms with Gasteiger partial charge in [-0.2, -0.15) is 0 Å². The molecule has 3 aromatic heterocycles. The first kappa shape index (κ1) is 21.3. The summed E-state index contributed by atoms with van der Waals surface area (Å²) in [7, 11) is 0. The minimum atomic E-state index is -1.79. The Morgan fingerprint density at radius 3 is 2.76 bits per heavy atom. The predicted molar refractivity (Wildman–Crippen MR) is 115 cm³/mol. The molecule has 13 nitrogen and oxygen atoms in total. The number of para-hydroxylation sites is 1. The van der Waals surface area contributed by atoms with E-state index in [-0.39, 0.29) is 18.6 Å². The van der Waals surface area contributed by atoms with Crippen molar-refractivity contribution in [3.8, 4) is 11.4 Å². The lowest BCUT2D eigenvalue weighted by atomic mass is 9.86. The van der Waals surface area contributed by atoms with E-state index in [1.165, 1.54) is 0 Å². The van der Waals surface area contributed by atoms with E-state index in [1.807, 2.05) is 35.4 Å². The number of hydrogen-bond acceptors (Lipinski definition) is 10. The number of cyclic esters (lactones) is 1. The molecule has 1 aromatic carbocycles. The zero-order chi connectivity index (χ0) is 24.0. The van der Waals surface area contributed by atoms with Crippen LogP contribution in [0.5, 0.6) is 0 Å². The van der Waals surface area contributed by atoms with Gasteiger partial charge < -0.3 is 24.5 Å². The van der Waals surface area contributed by atoms with Crippen LogP contribution in [-0.2, 0) is 28.3 Å². The van der Waals surface area contributed by atoms with Gasteiger partial charge in [0.15, 0.2) is 5.60 Å². The minimum Gasteiger partial charge on any atom is -0.458 e. The van der Waals surface area contributed by atoms with Crippen LogP contribution in [0, 0.1) is 10.1 Å². The molecule has 0 bridgehead atoms. The number of aromatic amines is 1. The molecule has 6 rings (SSSR count). The molecule has 0 radical (unpaired) electrons. The zero-order valence-corrected chi connectivity index (χ0v) is 17.8. The lowest BCUT2D eigenvalue weighted by Gasteiger charge is -2.31. The molecule has 1 atom stereocenters. The molecule has 2 N–H and O–H groups in total. The molecular formula is C21H17N7O6. The number of aliphatic hydroxyl groups is 1. The Morgan fingerprint density at radius 1 is 1.29 bits per heavy atom. The summed E-state index contributed by atoms with van der Waals surface area (Å²) in [6.45, 7) is 2.01. The van der Waals surface area contributed by atoms with Gasteiger partial charge in [-0.05, 0) is 29.5 Å². The normalized spacial score (nSPS) is 17.8. The highest BCUT2D eigenvalue weighted by molar-refractivity contribution is 5.86. The summed E-state index contributed by atoms with van der Waals surface area (Å²) < 4.78 is 6.72. The minimum absolute atomic E-state index is 0.110. The Kier molecular flexibility index (Phi) is 4.90. The maximum absolute atomic E-state index is 13.0. The van der Waals surface area contributed by atoms with Crippen molar-refractivity contribution in [1.82, 2.24) is 30.2 Å². The van der Waals surface area contributed by atoms with Crippen molar-refractivity contribution in [2.24, 2.45) is 0 Å². The van der Waals surface area contributed by atoms with Gasteiger partial charge in [0.1, 0.15) is 6.61 Å². The molecule has 0 saturated carbocycles. The monoisotopic (exact) mass is 463 g/mol. The van der Waals surface area contributed by atoms with Crippen molar-refractivity contribution < 1.29 is 19.6 Å². The van der Waals surface area contributed by atoms with E-state index in [4.69, 9.17) is 9.72 Å². The van der Waals surface area contributed by atoms with E-state index in [9.17, 15) is 24.8 Å². The SMILES string of the molecule is CCC1(O)C(=O)OCc2c1cc1n(c2=O)Cc2cc3ccccc3nc2-1.O=[N+]([O-])c1nnn[nH]1. The fourth-order valence-electron chi connectivity index (χ4n) is 4.16. The zero-order valence-electron chi connectivity index (χ0n) is 17.8. The van der Waals surface area contributed by atoms with E-state index in [0.717, 1.165) is 22.2 Å². The highest BCUT2D eigenvalue weighted by Gasteiger charge is 2.45. The van der Waals surface area contributed by atoms with Crippen LogP contribution in [0.4, 0.5) is 5.95 Å². The summed E-state index contributed by atoms with van der Waals surface area (Å²) >= 11 is 0. The summed E-state index contributed by atoms with van der Waals surface area (Å²) in [6.07, 6.45) is 0.139. The van der Waals surface area contributed by atoms with Gasteiger partial charge in [0.25, 0.3) is 5.56 Å². The van der Waals surface area contributed by atoms with Gasteiger partial charge in [0.2, 0.25) is 0 Å². The molecule has 5 heterocycles. The number of rotatable bonds is 2. The number of tetrazole rings is 1. The average Bonchev–Trinajstić information content (AvgIpc) is 3.50. The van der Waals surface area contributed by atoms with Crippen molar-refractivity contribution in [2.45, 2.75) is 32.1 Å². The summed E-state index contributed by atoms with van der Waals surface area (Å²) in [4.78, 5) is 38.9. The highest BCUT2D eigenvalue weighted by atomic mass is 16.6. The van der Waals surface area contributed by atoms with Crippen molar-refractivity contribution in [2.75, 3.05) is 0 Å². The Hall–Kier alpha value is -4.52. The van der Waals surface area contributed by atoms with Gasteiger partial charge in [0, 0.05) is 21.7 Å². The van der Waals surface area contributed by atoms with Gasteiger partial charge >= 0.3 is 11.9 Å². The number of esters is 1. The Morgan fingerprint density at radius 2 is 2.09 bits per heavy atom. The Balaban J connectivity index is 0.000000257. The van der Waals surface area contributed by atoms with Crippen LogP contribution >= 0.6 is 0 Å². The molecule has 1 unspecified atom stereocenters. The third-order valence-electron chi connectivity index (χ3n) is 5.92. The number of benzene rings is 1. The van der Waals surface area contributed by atoms with Gasteiger partial charge in [-0.1, -0.05) is 25.1 Å². The number of pyridine rings is 2. The number of carbonyl (C=O) groups excluding carboxylic acids is 1. The van der Waals surface area contributed by atoms with E-state index >= 15 is 0 Å². The van der Waals surface area contributed by atoms with E-state index in [2.05, 4.69) is 15.5 Å². The molecule has 172 valence electrons. The lowest BCUT2D eigenvalue weighted by molar-refractivity contribution is -0.394. The number of nitro groups is 1. The molecule has 2 aliphatic heterocycles. The molecule has 0 fully saturated rings. The van der Waals surface area contributed by atoms with Gasteiger partial charge in [-0.15, -0.1) is 5.10 Å². The number of fused-ring (bicyclic) bond motifs is 5. The van der Waals surface area contributed by atoms with Crippen LogP contribution in [0.3, 0.4) is 0 Å². The lowest BCUT2D eigenvalue weighted by Crippen LogP contribution is -2.44. The first-order chi connectivity index (χ1) is 16.3. The van der Waals surface area contributed by atoms with Gasteiger partial charge in [-0.3, -0.25) is 4.79 Å². The molecule has 34 heavy (non-hydrogen) atoms. The van der Waals surface area contributed by atoms with Crippen LogP contribution in [0.1, 0.15) is 30.0 Å². The second-order valence-electron chi connectivity index (χ2n) is 7.77. The van der Waals surface area contributed by atoms with Crippen molar-refractivity contribution in [3.63, 3.8) is 0 Å². The maximum Gasteiger partial charge on any atom is 0.477 e. The smallest absolute Gasteiger partial charge is 0.458 e. The van der Waals surface area contributed by atoms with Gasteiger partial charge in [0.05, 0.1) is 39.3 Å². The summed E-state index contributed by atoms with van der Waals surface area (Å²) in [5.41, 5.74) is 1.81. The predicted octanol–water partition coefficient (Wildman–Crippen LogP) is 1.19. The van der Waals surface area contributed by atoms with Crippen LogP contribution in [0.2, 0.25) is 0 Å². The van der Waals surface area contributed by atoms with E-state index < -0.39 is 22.4 Å². The Labute approximate surface area is 190 Å². The number of ether oxygens (including phenoxy) is 1. The second kappa shape index (κ2) is 7.81. The fraction of sp³-hybridized carbons (Fsp3) is 0.238. The number of nitrogens with one attached hydrogen (secondary N) is 1.